The Morgan fingerprint density at radius 3 is 2.84 bits per heavy atom. The van der Waals surface area contributed by atoms with Gasteiger partial charge in [-0.3, -0.25) is 9.88 Å². The molecule has 2 heterocycles. The van der Waals surface area contributed by atoms with Crippen LogP contribution in [0.4, 0.5) is 0 Å². The molecule has 19 heavy (non-hydrogen) atoms. The van der Waals surface area contributed by atoms with Gasteiger partial charge in [-0.2, -0.15) is 0 Å². The van der Waals surface area contributed by atoms with E-state index in [2.05, 4.69) is 16.8 Å². The summed E-state index contributed by atoms with van der Waals surface area (Å²) in [5.41, 5.74) is 3.25. The van der Waals surface area contributed by atoms with Gasteiger partial charge in [0.05, 0.1) is 11.3 Å². The number of hydrogen-bond donors (Lipinski definition) is 1. The lowest BCUT2D eigenvalue weighted by Gasteiger charge is -2.28. The molecule has 1 aliphatic heterocycles. The van der Waals surface area contributed by atoms with Crippen molar-refractivity contribution in [3.63, 3.8) is 0 Å². The lowest BCUT2D eigenvalue weighted by molar-refractivity contribution is 0.0694. The minimum Gasteiger partial charge on any atom is -0.478 e. The Morgan fingerprint density at radius 1 is 1.53 bits per heavy atom. The van der Waals surface area contributed by atoms with E-state index < -0.39 is 5.97 Å². The molecule has 4 nitrogen and oxygen atoms in total. The molecule has 0 saturated heterocycles. The highest BCUT2D eigenvalue weighted by Crippen LogP contribution is 2.24. The van der Waals surface area contributed by atoms with E-state index in [0.29, 0.717) is 5.56 Å². The van der Waals surface area contributed by atoms with Crippen LogP contribution in [0.2, 0.25) is 0 Å². The second-order valence-corrected chi connectivity index (χ2v) is 5.51. The second kappa shape index (κ2) is 5.70. The monoisotopic (exact) mass is 262 g/mol. The number of aromatic nitrogens is 1. The summed E-state index contributed by atoms with van der Waals surface area (Å²) in [6.07, 6.45) is 2.05. The first kappa shape index (κ1) is 14.0. The van der Waals surface area contributed by atoms with Crippen molar-refractivity contribution in [2.24, 2.45) is 0 Å². The topological polar surface area (TPSA) is 53.4 Å². The van der Waals surface area contributed by atoms with Gasteiger partial charge < -0.3 is 5.11 Å². The fourth-order valence-corrected chi connectivity index (χ4v) is 2.66. The van der Waals surface area contributed by atoms with Crippen LogP contribution in [0.5, 0.6) is 0 Å². The summed E-state index contributed by atoms with van der Waals surface area (Å²) in [6, 6.07) is 1.84. The van der Waals surface area contributed by atoms with Crippen LogP contribution in [0.1, 0.15) is 60.4 Å². The smallest absolute Gasteiger partial charge is 0.337 e. The molecule has 1 aromatic heterocycles. The van der Waals surface area contributed by atoms with E-state index in [9.17, 15) is 9.90 Å². The summed E-state index contributed by atoms with van der Waals surface area (Å²) in [5.74, 6) is -0.725. The van der Waals surface area contributed by atoms with Crippen LogP contribution in [0.25, 0.3) is 0 Å². The zero-order valence-corrected chi connectivity index (χ0v) is 11.9. The average molecular weight is 262 g/mol. The maximum atomic E-state index is 11.4. The first-order valence-corrected chi connectivity index (χ1v) is 7.01. The molecule has 1 aliphatic rings. The molecule has 2 rings (SSSR count). The molecule has 0 atom stereocenters. The van der Waals surface area contributed by atoms with Crippen LogP contribution in [0.15, 0.2) is 6.07 Å². The van der Waals surface area contributed by atoms with Gasteiger partial charge in [-0.25, -0.2) is 4.79 Å². The number of pyridine rings is 1. The minimum atomic E-state index is -0.869. The number of carboxylic acid groups (broad SMARTS) is 1. The zero-order valence-electron chi connectivity index (χ0n) is 11.9. The Hall–Kier alpha value is -1.42. The molecule has 0 amide bonds. The number of fused-ring (bicyclic) bond motifs is 1. The van der Waals surface area contributed by atoms with E-state index in [1.165, 1.54) is 0 Å². The third-order valence-electron chi connectivity index (χ3n) is 3.60. The number of nitrogens with zero attached hydrogens (tertiary/aromatic N) is 2. The number of aromatic carboxylic acids is 1. The fraction of sp³-hybridized carbons (Fsp3) is 0.600. The van der Waals surface area contributed by atoms with Gasteiger partial charge in [0, 0.05) is 25.2 Å². The fourth-order valence-electron chi connectivity index (χ4n) is 2.66. The normalized spacial score (nSPS) is 15.6. The number of carboxylic acids is 1. The van der Waals surface area contributed by atoms with Gasteiger partial charge in [0.25, 0.3) is 0 Å². The van der Waals surface area contributed by atoms with E-state index >= 15 is 0 Å². The summed E-state index contributed by atoms with van der Waals surface area (Å²) < 4.78 is 0. The van der Waals surface area contributed by atoms with Crippen LogP contribution >= 0.6 is 0 Å². The molecule has 0 unspecified atom stereocenters. The third kappa shape index (κ3) is 2.95. The Labute approximate surface area is 114 Å². The van der Waals surface area contributed by atoms with Gasteiger partial charge in [-0.1, -0.05) is 20.8 Å². The number of rotatable bonds is 4. The molecule has 4 heteroatoms. The third-order valence-corrected chi connectivity index (χ3v) is 3.60. The van der Waals surface area contributed by atoms with Gasteiger partial charge in [0.15, 0.2) is 0 Å². The zero-order chi connectivity index (χ0) is 14.0. The molecule has 104 valence electrons. The van der Waals surface area contributed by atoms with Crippen molar-refractivity contribution in [3.05, 3.63) is 28.6 Å². The molecular formula is C15H22N2O2. The van der Waals surface area contributed by atoms with Crippen molar-refractivity contribution < 1.29 is 9.90 Å². The SMILES string of the molecule is CCCN1CCc2nc(C(C)C)c(C(=O)O)cc2C1. The van der Waals surface area contributed by atoms with Gasteiger partial charge in [-0.05, 0) is 30.5 Å². The lowest BCUT2D eigenvalue weighted by atomic mass is 9.97. The van der Waals surface area contributed by atoms with Crippen LogP contribution in [-0.4, -0.2) is 34.0 Å². The van der Waals surface area contributed by atoms with Gasteiger partial charge in [0.2, 0.25) is 0 Å². The van der Waals surface area contributed by atoms with Crippen LogP contribution in [0, 0.1) is 0 Å². The molecule has 0 bridgehead atoms. The first-order valence-electron chi connectivity index (χ1n) is 7.01. The Kier molecular flexibility index (Phi) is 4.20. The van der Waals surface area contributed by atoms with Crippen LogP contribution < -0.4 is 0 Å². The molecule has 1 N–H and O–H groups in total. The average Bonchev–Trinajstić information content (AvgIpc) is 2.37. The van der Waals surface area contributed by atoms with Gasteiger partial charge in [0.1, 0.15) is 0 Å². The molecule has 0 radical (unpaired) electrons. The molecule has 0 fully saturated rings. The van der Waals surface area contributed by atoms with Crippen LogP contribution in [0.3, 0.4) is 0 Å². The van der Waals surface area contributed by atoms with Gasteiger partial charge in [-0.15, -0.1) is 0 Å². The second-order valence-electron chi connectivity index (χ2n) is 5.51. The predicted molar refractivity (Wildman–Crippen MR) is 74.6 cm³/mol. The van der Waals surface area contributed by atoms with Crippen molar-refractivity contribution in [1.29, 1.82) is 0 Å². The maximum Gasteiger partial charge on any atom is 0.337 e. The summed E-state index contributed by atoms with van der Waals surface area (Å²) in [7, 11) is 0. The summed E-state index contributed by atoms with van der Waals surface area (Å²) in [4.78, 5) is 18.4. The molecule has 0 aliphatic carbocycles. The van der Waals surface area contributed by atoms with E-state index in [0.717, 1.165) is 49.4 Å². The summed E-state index contributed by atoms with van der Waals surface area (Å²) in [5, 5.41) is 9.33. The lowest BCUT2D eigenvalue weighted by Crippen LogP contribution is -2.32. The minimum absolute atomic E-state index is 0.144. The van der Waals surface area contributed by atoms with Crippen molar-refractivity contribution in [2.45, 2.75) is 46.1 Å². The molecular weight excluding hydrogens is 240 g/mol. The highest BCUT2D eigenvalue weighted by Gasteiger charge is 2.22. The summed E-state index contributed by atoms with van der Waals surface area (Å²) >= 11 is 0. The van der Waals surface area contributed by atoms with E-state index in [1.807, 2.05) is 19.9 Å². The largest absolute Gasteiger partial charge is 0.478 e. The highest BCUT2D eigenvalue weighted by atomic mass is 16.4. The molecule has 0 spiro atoms. The van der Waals surface area contributed by atoms with Crippen molar-refractivity contribution in [2.75, 3.05) is 13.1 Å². The van der Waals surface area contributed by atoms with E-state index in [-0.39, 0.29) is 5.92 Å². The van der Waals surface area contributed by atoms with Crippen molar-refractivity contribution >= 4 is 5.97 Å². The van der Waals surface area contributed by atoms with E-state index in [4.69, 9.17) is 0 Å². The number of hydrogen-bond acceptors (Lipinski definition) is 3. The summed E-state index contributed by atoms with van der Waals surface area (Å²) in [6.45, 7) is 9.07. The number of carbonyl (C=O) groups is 1. The molecule has 1 aromatic rings. The molecule has 0 saturated carbocycles. The molecule has 0 aromatic carbocycles. The highest BCUT2D eigenvalue weighted by molar-refractivity contribution is 5.89. The Morgan fingerprint density at radius 2 is 2.26 bits per heavy atom. The first-order chi connectivity index (χ1) is 9.02. The maximum absolute atomic E-state index is 11.4. The predicted octanol–water partition coefficient (Wildman–Crippen LogP) is 2.67. The van der Waals surface area contributed by atoms with Gasteiger partial charge >= 0.3 is 5.97 Å². The van der Waals surface area contributed by atoms with Crippen molar-refractivity contribution in [3.8, 4) is 0 Å². The van der Waals surface area contributed by atoms with Crippen LogP contribution in [-0.2, 0) is 13.0 Å². The Balaban J connectivity index is 2.37. The quantitative estimate of drug-likeness (QED) is 0.906. The standard InChI is InChI=1S/C15H22N2O2/c1-4-6-17-7-5-13-11(9-17)8-12(15(18)19)14(16-13)10(2)3/h8,10H,4-7,9H2,1-3H3,(H,18,19). The van der Waals surface area contributed by atoms with E-state index in [1.54, 1.807) is 0 Å². The Bertz CT molecular complexity index is 483. The van der Waals surface area contributed by atoms with Crippen molar-refractivity contribution in [1.82, 2.24) is 9.88 Å².